The molecule has 1 aliphatic rings. The summed E-state index contributed by atoms with van der Waals surface area (Å²) in [6, 6.07) is 9.99. The summed E-state index contributed by atoms with van der Waals surface area (Å²) in [5, 5.41) is -0.563. The van der Waals surface area contributed by atoms with Crippen molar-refractivity contribution >= 4 is 17.5 Å². The largest absolute Gasteiger partial charge is 0.339 e. The Bertz CT molecular complexity index is 408. The Morgan fingerprint density at radius 2 is 2.06 bits per heavy atom. The van der Waals surface area contributed by atoms with Crippen LogP contribution in [0.3, 0.4) is 0 Å². The fourth-order valence-electron chi connectivity index (χ4n) is 2.29. The van der Waals surface area contributed by atoms with E-state index in [-0.39, 0.29) is 5.91 Å². The summed E-state index contributed by atoms with van der Waals surface area (Å²) >= 11 is 6.26. The Morgan fingerprint density at radius 1 is 1.39 bits per heavy atom. The van der Waals surface area contributed by atoms with Crippen LogP contribution >= 0.6 is 11.6 Å². The lowest BCUT2D eigenvalue weighted by atomic mass is 10.1. The van der Waals surface area contributed by atoms with E-state index < -0.39 is 5.38 Å². The second-order valence-electron chi connectivity index (χ2n) is 4.96. The molecule has 0 bridgehead atoms. The summed E-state index contributed by atoms with van der Waals surface area (Å²) in [5.74, 6) is 0.0206. The van der Waals surface area contributed by atoms with Gasteiger partial charge in [-0.25, -0.2) is 0 Å². The molecule has 1 aliphatic heterocycles. The van der Waals surface area contributed by atoms with Crippen molar-refractivity contribution in [1.29, 1.82) is 0 Å². The highest BCUT2D eigenvalue weighted by molar-refractivity contribution is 6.30. The molecule has 2 rings (SSSR count). The van der Waals surface area contributed by atoms with Crippen molar-refractivity contribution < 1.29 is 4.79 Å². The Labute approximate surface area is 113 Å². The maximum Gasteiger partial charge on any atom is 0.245 e. The minimum Gasteiger partial charge on any atom is -0.339 e. The first kappa shape index (κ1) is 13.4. The first-order valence-electron chi connectivity index (χ1n) is 6.24. The Hall–Kier alpha value is -1.06. The summed E-state index contributed by atoms with van der Waals surface area (Å²) in [5.41, 5.74) is 0.873. The molecule has 0 saturated carbocycles. The minimum atomic E-state index is -0.563. The number of benzene rings is 1. The van der Waals surface area contributed by atoms with Crippen LogP contribution in [0.1, 0.15) is 17.4 Å². The van der Waals surface area contributed by atoms with Crippen LogP contribution in [0.5, 0.6) is 0 Å². The fourth-order valence-corrected chi connectivity index (χ4v) is 2.57. The molecule has 0 aromatic heterocycles. The molecule has 1 saturated heterocycles. The summed E-state index contributed by atoms with van der Waals surface area (Å²) in [6.45, 7) is 1.58. The van der Waals surface area contributed by atoms with E-state index in [2.05, 4.69) is 4.90 Å². The fraction of sp³-hybridized carbons (Fsp3) is 0.500. The first-order valence-corrected chi connectivity index (χ1v) is 6.67. The molecular formula is C14H19ClN2O. The molecule has 3 nitrogen and oxygen atoms in total. The molecule has 0 spiro atoms. The maximum atomic E-state index is 12.3. The minimum absolute atomic E-state index is 0.0206. The standard InChI is InChI=1S/C14H19ClN2O/c1-16(2)12-8-9-17(10-12)14(18)13(15)11-6-4-3-5-7-11/h3-7,12-13H,8-10H2,1-2H3. The zero-order valence-corrected chi connectivity index (χ0v) is 11.6. The third kappa shape index (κ3) is 2.85. The van der Waals surface area contributed by atoms with E-state index in [1.807, 2.05) is 49.3 Å². The number of halogens is 1. The quantitative estimate of drug-likeness (QED) is 0.783. The Kier molecular flexibility index (Phi) is 4.25. The van der Waals surface area contributed by atoms with E-state index in [1.54, 1.807) is 0 Å². The van der Waals surface area contributed by atoms with Crippen LogP contribution in [0.25, 0.3) is 0 Å². The van der Waals surface area contributed by atoms with E-state index in [9.17, 15) is 4.79 Å². The Balaban J connectivity index is 2.00. The molecule has 1 heterocycles. The number of amides is 1. The van der Waals surface area contributed by atoms with Gasteiger partial charge in [0, 0.05) is 19.1 Å². The van der Waals surface area contributed by atoms with Gasteiger partial charge in [0.15, 0.2) is 0 Å². The topological polar surface area (TPSA) is 23.6 Å². The summed E-state index contributed by atoms with van der Waals surface area (Å²) in [4.78, 5) is 16.3. The molecule has 18 heavy (non-hydrogen) atoms. The van der Waals surface area contributed by atoms with Gasteiger partial charge < -0.3 is 9.80 Å². The monoisotopic (exact) mass is 266 g/mol. The maximum absolute atomic E-state index is 12.3. The van der Waals surface area contributed by atoms with Crippen molar-refractivity contribution in [2.45, 2.75) is 17.8 Å². The summed E-state index contributed by atoms with van der Waals surface area (Å²) < 4.78 is 0. The molecule has 1 amide bonds. The number of alkyl halides is 1. The third-order valence-corrected chi connectivity index (χ3v) is 3.95. The highest BCUT2D eigenvalue weighted by Crippen LogP contribution is 2.25. The number of likely N-dealkylation sites (N-methyl/N-ethyl adjacent to an activating group) is 1. The van der Waals surface area contributed by atoms with Crippen LogP contribution in [-0.2, 0) is 4.79 Å². The predicted octanol–water partition coefficient (Wildman–Crippen LogP) is 2.13. The number of carbonyl (C=O) groups is 1. The zero-order chi connectivity index (χ0) is 13.1. The van der Waals surface area contributed by atoms with Crippen LogP contribution in [0.2, 0.25) is 0 Å². The van der Waals surface area contributed by atoms with Gasteiger partial charge in [0.05, 0.1) is 0 Å². The van der Waals surface area contributed by atoms with Gasteiger partial charge in [0.25, 0.3) is 0 Å². The lowest BCUT2D eigenvalue weighted by Crippen LogP contribution is -2.35. The highest BCUT2D eigenvalue weighted by Gasteiger charge is 2.31. The number of carbonyl (C=O) groups excluding carboxylic acids is 1. The predicted molar refractivity (Wildman–Crippen MR) is 73.7 cm³/mol. The van der Waals surface area contributed by atoms with Crippen molar-refractivity contribution in [2.24, 2.45) is 0 Å². The van der Waals surface area contributed by atoms with E-state index >= 15 is 0 Å². The van der Waals surface area contributed by atoms with Gasteiger partial charge >= 0.3 is 0 Å². The van der Waals surface area contributed by atoms with Crippen molar-refractivity contribution in [3.63, 3.8) is 0 Å². The van der Waals surface area contributed by atoms with Crippen molar-refractivity contribution in [1.82, 2.24) is 9.80 Å². The van der Waals surface area contributed by atoms with Gasteiger partial charge in [-0.1, -0.05) is 30.3 Å². The van der Waals surface area contributed by atoms with Crippen LogP contribution < -0.4 is 0 Å². The average Bonchev–Trinajstić information content (AvgIpc) is 2.88. The molecule has 2 unspecified atom stereocenters. The molecule has 4 heteroatoms. The number of likely N-dealkylation sites (tertiary alicyclic amines) is 1. The van der Waals surface area contributed by atoms with Crippen LogP contribution in [-0.4, -0.2) is 48.9 Å². The van der Waals surface area contributed by atoms with Gasteiger partial charge in [-0.3, -0.25) is 4.79 Å². The zero-order valence-electron chi connectivity index (χ0n) is 10.8. The highest BCUT2D eigenvalue weighted by atomic mass is 35.5. The van der Waals surface area contributed by atoms with Crippen LogP contribution in [0.4, 0.5) is 0 Å². The second kappa shape index (κ2) is 5.72. The molecule has 1 fully saturated rings. The van der Waals surface area contributed by atoms with E-state index in [4.69, 9.17) is 11.6 Å². The van der Waals surface area contributed by atoms with Gasteiger partial charge in [-0.15, -0.1) is 11.6 Å². The number of rotatable bonds is 3. The number of hydrogen-bond donors (Lipinski definition) is 0. The smallest absolute Gasteiger partial charge is 0.245 e. The molecule has 1 aromatic rings. The van der Waals surface area contributed by atoms with Gasteiger partial charge in [0.1, 0.15) is 5.38 Å². The van der Waals surface area contributed by atoms with E-state index in [0.29, 0.717) is 6.04 Å². The average molecular weight is 267 g/mol. The number of hydrogen-bond acceptors (Lipinski definition) is 2. The van der Waals surface area contributed by atoms with Gasteiger partial charge in [-0.05, 0) is 26.1 Å². The summed E-state index contributed by atoms with van der Waals surface area (Å²) in [6.07, 6.45) is 1.02. The van der Waals surface area contributed by atoms with Crippen LogP contribution in [0.15, 0.2) is 30.3 Å². The van der Waals surface area contributed by atoms with E-state index in [1.165, 1.54) is 0 Å². The van der Waals surface area contributed by atoms with Crippen molar-refractivity contribution in [2.75, 3.05) is 27.2 Å². The molecule has 2 atom stereocenters. The SMILES string of the molecule is CN(C)C1CCN(C(=O)C(Cl)c2ccccc2)C1. The molecular weight excluding hydrogens is 248 g/mol. The summed E-state index contributed by atoms with van der Waals surface area (Å²) in [7, 11) is 4.10. The second-order valence-corrected chi connectivity index (χ2v) is 5.40. The molecule has 0 radical (unpaired) electrons. The first-order chi connectivity index (χ1) is 8.59. The molecule has 1 aromatic carbocycles. The lowest BCUT2D eigenvalue weighted by Gasteiger charge is -2.22. The van der Waals surface area contributed by atoms with Crippen molar-refractivity contribution in [3.8, 4) is 0 Å². The number of nitrogens with zero attached hydrogens (tertiary/aromatic N) is 2. The van der Waals surface area contributed by atoms with E-state index in [0.717, 1.165) is 25.1 Å². The Morgan fingerprint density at radius 3 is 2.61 bits per heavy atom. The van der Waals surface area contributed by atoms with Gasteiger partial charge in [0.2, 0.25) is 5.91 Å². The lowest BCUT2D eigenvalue weighted by molar-refractivity contribution is -0.130. The third-order valence-electron chi connectivity index (χ3n) is 3.51. The molecule has 0 aliphatic carbocycles. The molecule has 0 N–H and O–H groups in total. The van der Waals surface area contributed by atoms with Crippen molar-refractivity contribution in [3.05, 3.63) is 35.9 Å². The molecule has 98 valence electrons. The van der Waals surface area contributed by atoms with Gasteiger partial charge in [-0.2, -0.15) is 0 Å². The normalized spacial score (nSPS) is 21.3. The van der Waals surface area contributed by atoms with Crippen LogP contribution in [0, 0.1) is 0 Å².